The summed E-state index contributed by atoms with van der Waals surface area (Å²) < 4.78 is 0. The molecule has 0 aliphatic carbocycles. The maximum atomic E-state index is 4.57. The van der Waals surface area contributed by atoms with Gasteiger partial charge in [0, 0.05) is 5.69 Å². The molecule has 0 aromatic carbocycles. The van der Waals surface area contributed by atoms with E-state index in [0.717, 1.165) is 22.9 Å². The van der Waals surface area contributed by atoms with Gasteiger partial charge >= 0.3 is 0 Å². The zero-order chi connectivity index (χ0) is 11.9. The second-order valence-corrected chi connectivity index (χ2v) is 4.09. The molecule has 1 aromatic heterocycles. The lowest BCUT2D eigenvalue weighted by Gasteiger charge is -2.20. The number of nitrogens with one attached hydrogen (secondary N) is 1. The zero-order valence-electron chi connectivity index (χ0n) is 10.1. The normalized spacial score (nSPS) is 15.1. The maximum Gasteiger partial charge on any atom is 0.156 e. The van der Waals surface area contributed by atoms with Gasteiger partial charge in [0.05, 0.1) is 0 Å². The molecule has 2 rings (SSSR count). The smallest absolute Gasteiger partial charge is 0.156 e. The minimum absolute atomic E-state index is 0.677. The number of amidine groups is 1. The standard InChI is InChI=1S/C12H16N4/c1-7-6-8(2)12(13-9(7)3)16-11(5)14-10(4)15-16/h6H,5H2,1-4H3,(H,14,15). The van der Waals surface area contributed by atoms with Crippen LogP contribution in [0.3, 0.4) is 0 Å². The Balaban J connectivity index is 2.43. The van der Waals surface area contributed by atoms with E-state index >= 15 is 0 Å². The summed E-state index contributed by atoms with van der Waals surface area (Å²) in [6.07, 6.45) is 0. The third-order valence-electron chi connectivity index (χ3n) is 2.67. The number of aryl methyl sites for hydroxylation is 3. The summed E-state index contributed by atoms with van der Waals surface area (Å²) in [5.74, 6) is 2.38. The lowest BCUT2D eigenvalue weighted by Crippen LogP contribution is -2.35. The molecule has 84 valence electrons. The van der Waals surface area contributed by atoms with Crippen molar-refractivity contribution in [3.05, 3.63) is 35.3 Å². The van der Waals surface area contributed by atoms with Crippen LogP contribution < -0.4 is 10.4 Å². The topological polar surface area (TPSA) is 40.5 Å². The van der Waals surface area contributed by atoms with Gasteiger partial charge < -0.3 is 0 Å². The van der Waals surface area contributed by atoms with E-state index in [4.69, 9.17) is 0 Å². The van der Waals surface area contributed by atoms with Crippen LogP contribution in [0, 0.1) is 20.8 Å². The highest BCUT2D eigenvalue weighted by Gasteiger charge is 2.20. The van der Waals surface area contributed by atoms with E-state index in [2.05, 4.69) is 35.0 Å². The molecule has 1 N–H and O–H groups in total. The fourth-order valence-electron chi connectivity index (χ4n) is 1.73. The van der Waals surface area contributed by atoms with Crippen molar-refractivity contribution in [1.82, 2.24) is 10.4 Å². The van der Waals surface area contributed by atoms with Crippen molar-refractivity contribution in [2.45, 2.75) is 27.7 Å². The third-order valence-corrected chi connectivity index (χ3v) is 2.67. The second kappa shape index (κ2) is 3.63. The van der Waals surface area contributed by atoms with Gasteiger partial charge in [-0.1, -0.05) is 12.6 Å². The summed E-state index contributed by atoms with van der Waals surface area (Å²) >= 11 is 0. The third kappa shape index (κ3) is 1.66. The summed E-state index contributed by atoms with van der Waals surface area (Å²) in [5.41, 5.74) is 6.47. The molecule has 4 heteroatoms. The summed E-state index contributed by atoms with van der Waals surface area (Å²) in [5, 5.41) is 1.82. The average Bonchev–Trinajstić information content (AvgIpc) is 2.51. The highest BCUT2D eigenvalue weighted by molar-refractivity contribution is 5.86. The Hall–Kier alpha value is -1.84. The Morgan fingerprint density at radius 1 is 1.19 bits per heavy atom. The number of pyridine rings is 1. The van der Waals surface area contributed by atoms with Crippen molar-refractivity contribution in [2.24, 2.45) is 4.99 Å². The fourth-order valence-corrected chi connectivity index (χ4v) is 1.73. The first kappa shape index (κ1) is 10.7. The van der Waals surface area contributed by atoms with Crippen molar-refractivity contribution in [3.8, 4) is 0 Å². The molecule has 0 amide bonds. The van der Waals surface area contributed by atoms with Crippen molar-refractivity contribution in [1.29, 1.82) is 0 Å². The van der Waals surface area contributed by atoms with E-state index in [0.29, 0.717) is 5.82 Å². The van der Waals surface area contributed by atoms with Crippen LogP contribution in [0.5, 0.6) is 0 Å². The molecule has 0 saturated heterocycles. The van der Waals surface area contributed by atoms with Gasteiger partial charge in [0.1, 0.15) is 11.7 Å². The molecule has 0 bridgehead atoms. The molecule has 16 heavy (non-hydrogen) atoms. The quantitative estimate of drug-likeness (QED) is 0.782. The van der Waals surface area contributed by atoms with Crippen LogP contribution in [0.2, 0.25) is 0 Å². The van der Waals surface area contributed by atoms with Crippen molar-refractivity contribution >= 4 is 11.7 Å². The number of aliphatic imine (C=N–C) groups is 1. The monoisotopic (exact) mass is 216 g/mol. The molecular weight excluding hydrogens is 200 g/mol. The van der Waals surface area contributed by atoms with Crippen LogP contribution in [0.1, 0.15) is 23.7 Å². The second-order valence-electron chi connectivity index (χ2n) is 4.09. The van der Waals surface area contributed by atoms with Crippen molar-refractivity contribution < 1.29 is 0 Å². The van der Waals surface area contributed by atoms with Crippen LogP contribution in [0.4, 0.5) is 5.82 Å². The summed E-state index contributed by atoms with van der Waals surface area (Å²) in [6.45, 7) is 11.9. The van der Waals surface area contributed by atoms with Crippen LogP contribution in [0.25, 0.3) is 0 Å². The first-order chi connectivity index (χ1) is 7.49. The van der Waals surface area contributed by atoms with Crippen LogP contribution in [-0.2, 0) is 0 Å². The fraction of sp³-hybridized carbons (Fsp3) is 0.333. The number of anilines is 1. The maximum absolute atomic E-state index is 4.57. The minimum Gasteiger partial charge on any atom is -0.278 e. The van der Waals surface area contributed by atoms with Crippen molar-refractivity contribution in [3.63, 3.8) is 0 Å². The van der Waals surface area contributed by atoms with Gasteiger partial charge in [0.25, 0.3) is 0 Å². The molecule has 4 nitrogen and oxygen atoms in total. The largest absolute Gasteiger partial charge is 0.278 e. The molecule has 2 heterocycles. The molecule has 0 spiro atoms. The highest BCUT2D eigenvalue weighted by Crippen LogP contribution is 2.23. The molecule has 1 aliphatic heterocycles. The Bertz CT molecular complexity index is 488. The van der Waals surface area contributed by atoms with E-state index in [1.165, 1.54) is 5.56 Å². The number of nitrogens with zero attached hydrogens (tertiary/aromatic N) is 3. The van der Waals surface area contributed by atoms with E-state index in [9.17, 15) is 0 Å². The first-order valence-electron chi connectivity index (χ1n) is 5.25. The molecule has 0 unspecified atom stereocenters. The number of hydrogen-bond donors (Lipinski definition) is 1. The minimum atomic E-state index is 0.677. The SMILES string of the molecule is C=C1N=C(C)NN1c1nc(C)c(C)cc1C. The van der Waals surface area contributed by atoms with Crippen LogP contribution >= 0.6 is 0 Å². The molecule has 0 saturated carbocycles. The average molecular weight is 216 g/mol. The summed E-state index contributed by atoms with van der Waals surface area (Å²) in [6, 6.07) is 2.13. The molecule has 1 aromatic rings. The van der Waals surface area contributed by atoms with Gasteiger partial charge in [-0.15, -0.1) is 0 Å². The zero-order valence-corrected chi connectivity index (χ0v) is 10.1. The van der Waals surface area contributed by atoms with Crippen molar-refractivity contribution in [2.75, 3.05) is 5.01 Å². The van der Waals surface area contributed by atoms with Gasteiger partial charge in [-0.2, -0.15) is 0 Å². The number of aromatic nitrogens is 1. The van der Waals surface area contributed by atoms with E-state index in [-0.39, 0.29) is 0 Å². The summed E-state index contributed by atoms with van der Waals surface area (Å²) in [4.78, 5) is 8.81. The van der Waals surface area contributed by atoms with E-state index in [1.807, 2.05) is 25.8 Å². The van der Waals surface area contributed by atoms with Gasteiger partial charge in [-0.05, 0) is 38.8 Å². The van der Waals surface area contributed by atoms with Gasteiger partial charge in [-0.25, -0.2) is 15.0 Å². The molecule has 0 atom stereocenters. The predicted octanol–water partition coefficient (Wildman–Crippen LogP) is 2.22. The molecule has 0 fully saturated rings. The van der Waals surface area contributed by atoms with E-state index in [1.54, 1.807) is 0 Å². The van der Waals surface area contributed by atoms with E-state index < -0.39 is 0 Å². The van der Waals surface area contributed by atoms with Gasteiger partial charge in [0.15, 0.2) is 5.82 Å². The highest BCUT2D eigenvalue weighted by atomic mass is 15.6. The molecule has 1 aliphatic rings. The number of hydrazine groups is 1. The predicted molar refractivity (Wildman–Crippen MR) is 66.3 cm³/mol. The summed E-state index contributed by atoms with van der Waals surface area (Å²) in [7, 11) is 0. The first-order valence-corrected chi connectivity index (χ1v) is 5.25. The lowest BCUT2D eigenvalue weighted by atomic mass is 10.1. The van der Waals surface area contributed by atoms with Gasteiger partial charge in [-0.3, -0.25) is 5.43 Å². The van der Waals surface area contributed by atoms with Gasteiger partial charge in [0.2, 0.25) is 0 Å². The number of hydrogen-bond acceptors (Lipinski definition) is 4. The van der Waals surface area contributed by atoms with Crippen LogP contribution in [-0.4, -0.2) is 10.8 Å². The Morgan fingerprint density at radius 2 is 1.88 bits per heavy atom. The molecule has 0 radical (unpaired) electrons. The Morgan fingerprint density at radius 3 is 2.44 bits per heavy atom. The Kier molecular flexibility index (Phi) is 2.42. The lowest BCUT2D eigenvalue weighted by molar-refractivity contribution is 0.878. The number of rotatable bonds is 1. The van der Waals surface area contributed by atoms with Crippen LogP contribution in [0.15, 0.2) is 23.5 Å². The Labute approximate surface area is 95.7 Å². The molecular formula is C12H16N4.